The van der Waals surface area contributed by atoms with Crippen LogP contribution in [0.4, 0.5) is 10.6 Å². The van der Waals surface area contributed by atoms with Crippen molar-refractivity contribution in [2.24, 2.45) is 0 Å². The Bertz CT molecular complexity index is 1220. The Kier molecular flexibility index (Phi) is 5.68. The summed E-state index contributed by atoms with van der Waals surface area (Å²) in [5, 5.41) is 3.21. The summed E-state index contributed by atoms with van der Waals surface area (Å²) < 4.78 is 5.17. The zero-order chi connectivity index (χ0) is 21.9. The molecule has 0 radical (unpaired) electrons. The number of amides is 1. The molecule has 162 valence electrons. The van der Waals surface area contributed by atoms with E-state index >= 15 is 0 Å². The van der Waals surface area contributed by atoms with Gasteiger partial charge in [-0.25, -0.2) is 14.8 Å². The molecule has 0 saturated carbocycles. The van der Waals surface area contributed by atoms with Crippen LogP contribution in [0.25, 0.3) is 32.7 Å². The summed E-state index contributed by atoms with van der Waals surface area (Å²) in [6.45, 7) is 4.76. The van der Waals surface area contributed by atoms with Gasteiger partial charge in [0.05, 0.1) is 12.0 Å². The highest BCUT2D eigenvalue weighted by Crippen LogP contribution is 2.39. The Morgan fingerprint density at radius 1 is 1.03 bits per heavy atom. The minimum absolute atomic E-state index is 0.253. The molecule has 1 aliphatic rings. The average molecular weight is 446 g/mol. The molecule has 3 aromatic heterocycles. The average Bonchev–Trinajstić information content (AvgIpc) is 3.29. The predicted octanol–water partition coefficient (Wildman–Crippen LogP) is 4.70. The molecule has 1 aromatic carbocycles. The Morgan fingerprint density at radius 3 is 2.53 bits per heavy atom. The summed E-state index contributed by atoms with van der Waals surface area (Å²) in [6.07, 6.45) is 3.28. The maximum atomic E-state index is 12.1. The minimum atomic E-state index is -0.253. The summed E-state index contributed by atoms with van der Waals surface area (Å²) >= 11 is 1.63. The van der Waals surface area contributed by atoms with Crippen molar-refractivity contribution in [2.75, 3.05) is 37.7 Å². The van der Waals surface area contributed by atoms with Gasteiger partial charge in [0.15, 0.2) is 5.82 Å². The number of thiophene rings is 1. The summed E-state index contributed by atoms with van der Waals surface area (Å²) in [7, 11) is 0. The van der Waals surface area contributed by atoms with Crippen molar-refractivity contribution >= 4 is 33.5 Å². The molecule has 0 spiro atoms. The van der Waals surface area contributed by atoms with Gasteiger partial charge in [0, 0.05) is 55.1 Å². The minimum Gasteiger partial charge on any atom is -0.450 e. The number of pyridine rings is 1. The van der Waals surface area contributed by atoms with Crippen LogP contribution in [0.3, 0.4) is 0 Å². The van der Waals surface area contributed by atoms with Gasteiger partial charge >= 0.3 is 6.09 Å². The van der Waals surface area contributed by atoms with E-state index in [2.05, 4.69) is 27.4 Å². The van der Waals surface area contributed by atoms with E-state index in [0.29, 0.717) is 38.6 Å². The second-order valence-electron chi connectivity index (χ2n) is 7.48. The number of piperazine rings is 1. The van der Waals surface area contributed by atoms with E-state index in [1.54, 1.807) is 28.6 Å². The number of anilines is 1. The molecule has 7 nitrogen and oxygen atoms in total. The van der Waals surface area contributed by atoms with Gasteiger partial charge in [-0.3, -0.25) is 4.98 Å². The number of carbonyl (C=O) groups excluding carboxylic acids is 1. The van der Waals surface area contributed by atoms with Crippen LogP contribution in [0.1, 0.15) is 6.92 Å². The van der Waals surface area contributed by atoms with Gasteiger partial charge in [-0.15, -0.1) is 11.3 Å². The SMILES string of the molecule is CCOC(=O)N1CCN(c2nc(-c3cccnc3)nc3scc(-c4ccccc4)c23)CC1. The van der Waals surface area contributed by atoms with Crippen molar-refractivity contribution in [1.29, 1.82) is 0 Å². The fraction of sp³-hybridized carbons (Fsp3) is 0.250. The molecule has 0 N–H and O–H groups in total. The normalized spacial score (nSPS) is 14.0. The van der Waals surface area contributed by atoms with Crippen LogP contribution in [0, 0.1) is 0 Å². The molecule has 8 heteroatoms. The van der Waals surface area contributed by atoms with E-state index < -0.39 is 0 Å². The lowest BCUT2D eigenvalue weighted by molar-refractivity contribution is 0.105. The monoisotopic (exact) mass is 445 g/mol. The number of carbonyl (C=O) groups is 1. The lowest BCUT2D eigenvalue weighted by Crippen LogP contribution is -2.49. The zero-order valence-corrected chi connectivity index (χ0v) is 18.6. The Hall–Kier alpha value is -3.52. The van der Waals surface area contributed by atoms with E-state index in [4.69, 9.17) is 14.7 Å². The van der Waals surface area contributed by atoms with Gasteiger partial charge in [0.2, 0.25) is 0 Å². The zero-order valence-electron chi connectivity index (χ0n) is 17.8. The molecule has 4 aromatic rings. The number of aromatic nitrogens is 3. The highest BCUT2D eigenvalue weighted by atomic mass is 32.1. The van der Waals surface area contributed by atoms with E-state index in [1.807, 2.05) is 37.3 Å². The Labute approximate surface area is 190 Å². The van der Waals surface area contributed by atoms with Crippen molar-refractivity contribution in [3.05, 3.63) is 60.2 Å². The molecular formula is C24H23N5O2S. The predicted molar refractivity (Wildman–Crippen MR) is 127 cm³/mol. The molecule has 1 aliphatic heterocycles. The van der Waals surface area contributed by atoms with Crippen molar-refractivity contribution in [1.82, 2.24) is 19.9 Å². The molecule has 1 amide bonds. The van der Waals surface area contributed by atoms with E-state index in [0.717, 1.165) is 32.7 Å². The van der Waals surface area contributed by atoms with E-state index in [9.17, 15) is 4.79 Å². The first kappa shape index (κ1) is 20.4. The van der Waals surface area contributed by atoms with Crippen molar-refractivity contribution in [3.8, 4) is 22.5 Å². The molecular weight excluding hydrogens is 422 g/mol. The number of ether oxygens (including phenoxy) is 1. The van der Waals surface area contributed by atoms with Crippen LogP contribution in [-0.4, -0.2) is 58.7 Å². The molecule has 5 rings (SSSR count). The number of hydrogen-bond acceptors (Lipinski definition) is 7. The number of benzene rings is 1. The van der Waals surface area contributed by atoms with Crippen molar-refractivity contribution in [3.63, 3.8) is 0 Å². The van der Waals surface area contributed by atoms with Crippen LogP contribution in [0.5, 0.6) is 0 Å². The van der Waals surface area contributed by atoms with Gasteiger partial charge < -0.3 is 14.5 Å². The second-order valence-corrected chi connectivity index (χ2v) is 8.34. The lowest BCUT2D eigenvalue weighted by Gasteiger charge is -2.35. The van der Waals surface area contributed by atoms with Gasteiger partial charge in [0.1, 0.15) is 10.6 Å². The molecule has 32 heavy (non-hydrogen) atoms. The summed E-state index contributed by atoms with van der Waals surface area (Å²) in [6, 6.07) is 14.2. The van der Waals surface area contributed by atoms with Crippen LogP contribution in [0.2, 0.25) is 0 Å². The van der Waals surface area contributed by atoms with Crippen molar-refractivity contribution in [2.45, 2.75) is 6.92 Å². The standard InChI is InChI=1S/C24H23N5O2S/c1-2-31-24(30)29-13-11-28(12-14-29)22-20-19(17-7-4-3-5-8-17)16-32-23(20)27-21(26-22)18-9-6-10-25-15-18/h3-10,15-16H,2,11-14H2,1H3. The van der Waals surface area contributed by atoms with Gasteiger partial charge in [0.25, 0.3) is 0 Å². The van der Waals surface area contributed by atoms with Gasteiger partial charge in [-0.05, 0) is 24.6 Å². The largest absolute Gasteiger partial charge is 0.450 e. The molecule has 4 heterocycles. The molecule has 0 unspecified atom stereocenters. The van der Waals surface area contributed by atoms with Crippen molar-refractivity contribution < 1.29 is 9.53 Å². The van der Waals surface area contributed by atoms with Gasteiger partial charge in [-0.1, -0.05) is 30.3 Å². The third kappa shape index (κ3) is 3.89. The number of nitrogens with zero attached hydrogens (tertiary/aromatic N) is 5. The first-order valence-corrected chi connectivity index (χ1v) is 11.5. The summed E-state index contributed by atoms with van der Waals surface area (Å²) in [4.78, 5) is 31.2. The number of fused-ring (bicyclic) bond motifs is 1. The summed E-state index contributed by atoms with van der Waals surface area (Å²) in [5.41, 5.74) is 3.16. The van der Waals surface area contributed by atoms with Crippen LogP contribution >= 0.6 is 11.3 Å². The lowest BCUT2D eigenvalue weighted by atomic mass is 10.1. The molecule has 0 atom stereocenters. The van der Waals surface area contributed by atoms with Crippen LogP contribution < -0.4 is 4.90 Å². The molecule has 0 bridgehead atoms. The number of rotatable bonds is 4. The van der Waals surface area contributed by atoms with Crippen LogP contribution in [0.15, 0.2) is 60.2 Å². The topological polar surface area (TPSA) is 71.5 Å². The first-order valence-electron chi connectivity index (χ1n) is 10.7. The Balaban J connectivity index is 1.58. The Morgan fingerprint density at radius 2 is 1.81 bits per heavy atom. The maximum absolute atomic E-state index is 12.1. The summed E-state index contributed by atoms with van der Waals surface area (Å²) in [5.74, 6) is 1.56. The smallest absolute Gasteiger partial charge is 0.409 e. The fourth-order valence-corrected chi connectivity index (χ4v) is 4.86. The highest BCUT2D eigenvalue weighted by Gasteiger charge is 2.26. The second kappa shape index (κ2) is 8.92. The van der Waals surface area contributed by atoms with E-state index in [-0.39, 0.29) is 6.09 Å². The quantitative estimate of drug-likeness (QED) is 0.453. The third-order valence-corrected chi connectivity index (χ3v) is 6.40. The number of hydrogen-bond donors (Lipinski definition) is 0. The fourth-order valence-electron chi connectivity index (χ4n) is 3.92. The third-order valence-electron chi connectivity index (χ3n) is 5.52. The molecule has 1 saturated heterocycles. The van der Waals surface area contributed by atoms with Crippen LogP contribution in [-0.2, 0) is 4.74 Å². The maximum Gasteiger partial charge on any atom is 0.409 e. The van der Waals surface area contributed by atoms with Gasteiger partial charge in [-0.2, -0.15) is 0 Å². The first-order chi connectivity index (χ1) is 15.7. The van der Waals surface area contributed by atoms with E-state index in [1.165, 1.54) is 0 Å². The molecule has 0 aliphatic carbocycles. The molecule has 1 fully saturated rings. The highest BCUT2D eigenvalue weighted by molar-refractivity contribution is 7.17.